The van der Waals surface area contributed by atoms with Crippen LogP contribution >= 0.6 is 11.8 Å². The summed E-state index contributed by atoms with van der Waals surface area (Å²) in [6.07, 6.45) is 0.883. The van der Waals surface area contributed by atoms with Crippen molar-refractivity contribution in [2.75, 3.05) is 11.1 Å². The van der Waals surface area contributed by atoms with E-state index in [1.165, 1.54) is 11.8 Å². The van der Waals surface area contributed by atoms with Gasteiger partial charge >= 0.3 is 0 Å². The van der Waals surface area contributed by atoms with Gasteiger partial charge in [0.1, 0.15) is 0 Å². The predicted molar refractivity (Wildman–Crippen MR) is 106 cm³/mol. The summed E-state index contributed by atoms with van der Waals surface area (Å²) in [4.78, 5) is 12.3. The van der Waals surface area contributed by atoms with E-state index in [2.05, 4.69) is 29.4 Å². The molecule has 0 aliphatic heterocycles. The second-order valence-electron chi connectivity index (χ2n) is 5.76. The van der Waals surface area contributed by atoms with Crippen molar-refractivity contribution in [1.29, 1.82) is 0 Å². The zero-order valence-electron chi connectivity index (χ0n) is 15.0. The normalized spacial score (nSPS) is 10.7. The number of aryl methyl sites for hydroxylation is 1. The Kier molecular flexibility index (Phi) is 6.07. The molecule has 0 atom stereocenters. The molecule has 5 nitrogen and oxygen atoms in total. The molecule has 26 heavy (non-hydrogen) atoms. The standard InChI is InChI=1S/C20H22N4OS/c1-3-15-10-8-9-13-17(15)21-18(25)14-26-20-23-22-19(24(20)4-2)16-11-6-5-7-12-16/h5-13H,3-4,14H2,1-2H3,(H,21,25). The molecule has 0 spiro atoms. The van der Waals surface area contributed by atoms with E-state index < -0.39 is 0 Å². The maximum Gasteiger partial charge on any atom is 0.234 e. The molecular weight excluding hydrogens is 344 g/mol. The molecular formula is C20H22N4OS. The second-order valence-corrected chi connectivity index (χ2v) is 6.71. The number of amides is 1. The SMILES string of the molecule is CCc1ccccc1NC(=O)CSc1nnc(-c2ccccc2)n1CC. The highest BCUT2D eigenvalue weighted by atomic mass is 32.2. The first kappa shape index (κ1) is 18.2. The lowest BCUT2D eigenvalue weighted by Gasteiger charge is -2.10. The number of carbonyl (C=O) groups excluding carboxylic acids is 1. The number of nitrogens with one attached hydrogen (secondary N) is 1. The molecule has 3 aromatic rings. The van der Waals surface area contributed by atoms with Crippen molar-refractivity contribution in [3.63, 3.8) is 0 Å². The van der Waals surface area contributed by atoms with Crippen LogP contribution in [-0.4, -0.2) is 26.4 Å². The van der Waals surface area contributed by atoms with Crippen LogP contribution < -0.4 is 5.32 Å². The van der Waals surface area contributed by atoms with Gasteiger partial charge in [0.25, 0.3) is 0 Å². The van der Waals surface area contributed by atoms with Gasteiger partial charge in [-0.15, -0.1) is 10.2 Å². The first-order valence-corrected chi connectivity index (χ1v) is 9.70. The van der Waals surface area contributed by atoms with E-state index in [0.29, 0.717) is 5.75 Å². The number of hydrogen-bond donors (Lipinski definition) is 1. The number of thioether (sulfide) groups is 1. The molecule has 2 aromatic carbocycles. The molecule has 6 heteroatoms. The Balaban J connectivity index is 1.68. The van der Waals surface area contributed by atoms with E-state index in [0.717, 1.165) is 40.8 Å². The Morgan fingerprint density at radius 1 is 1.04 bits per heavy atom. The van der Waals surface area contributed by atoms with Crippen molar-refractivity contribution in [3.05, 3.63) is 60.2 Å². The van der Waals surface area contributed by atoms with E-state index in [9.17, 15) is 4.79 Å². The van der Waals surface area contributed by atoms with Crippen LogP contribution in [-0.2, 0) is 17.8 Å². The van der Waals surface area contributed by atoms with Crippen molar-refractivity contribution in [1.82, 2.24) is 14.8 Å². The summed E-state index contributed by atoms with van der Waals surface area (Å²) in [7, 11) is 0. The highest BCUT2D eigenvalue weighted by Gasteiger charge is 2.14. The average molecular weight is 366 g/mol. The number of rotatable bonds is 7. The van der Waals surface area contributed by atoms with E-state index in [-0.39, 0.29) is 5.91 Å². The van der Waals surface area contributed by atoms with Crippen LogP contribution in [0.5, 0.6) is 0 Å². The summed E-state index contributed by atoms with van der Waals surface area (Å²) in [6, 6.07) is 17.8. The third-order valence-electron chi connectivity index (χ3n) is 4.07. The van der Waals surface area contributed by atoms with Gasteiger partial charge in [0.15, 0.2) is 11.0 Å². The van der Waals surface area contributed by atoms with Crippen LogP contribution in [0, 0.1) is 0 Å². The maximum atomic E-state index is 12.3. The summed E-state index contributed by atoms with van der Waals surface area (Å²) in [6.45, 7) is 4.88. The molecule has 3 rings (SSSR count). The number of hydrogen-bond acceptors (Lipinski definition) is 4. The molecule has 1 amide bonds. The number of para-hydroxylation sites is 1. The van der Waals surface area contributed by atoms with Gasteiger partial charge in [-0.3, -0.25) is 4.79 Å². The Bertz CT molecular complexity index is 877. The Morgan fingerprint density at radius 2 is 1.77 bits per heavy atom. The van der Waals surface area contributed by atoms with Crippen LogP contribution in [0.3, 0.4) is 0 Å². The van der Waals surface area contributed by atoms with Crippen LogP contribution in [0.15, 0.2) is 59.8 Å². The minimum Gasteiger partial charge on any atom is -0.325 e. The van der Waals surface area contributed by atoms with Crippen molar-refractivity contribution in [2.24, 2.45) is 0 Å². The molecule has 0 bridgehead atoms. The fourth-order valence-electron chi connectivity index (χ4n) is 2.75. The van der Waals surface area contributed by atoms with E-state index >= 15 is 0 Å². The lowest BCUT2D eigenvalue weighted by atomic mass is 10.1. The largest absolute Gasteiger partial charge is 0.325 e. The van der Waals surface area contributed by atoms with Crippen LogP contribution in [0.25, 0.3) is 11.4 Å². The van der Waals surface area contributed by atoms with Gasteiger partial charge in [-0.25, -0.2) is 0 Å². The van der Waals surface area contributed by atoms with E-state index in [1.54, 1.807) is 0 Å². The minimum absolute atomic E-state index is 0.0391. The zero-order valence-corrected chi connectivity index (χ0v) is 15.8. The molecule has 134 valence electrons. The minimum atomic E-state index is -0.0391. The second kappa shape index (κ2) is 8.67. The average Bonchev–Trinajstić information content (AvgIpc) is 3.10. The van der Waals surface area contributed by atoms with Crippen LogP contribution in [0.2, 0.25) is 0 Å². The molecule has 1 heterocycles. The first-order valence-electron chi connectivity index (χ1n) is 8.72. The summed E-state index contributed by atoms with van der Waals surface area (Å²) in [5.41, 5.74) is 3.03. The molecule has 0 saturated heterocycles. The molecule has 1 N–H and O–H groups in total. The third-order valence-corrected chi connectivity index (χ3v) is 5.04. The molecule has 0 unspecified atom stereocenters. The van der Waals surface area contributed by atoms with Gasteiger partial charge in [-0.2, -0.15) is 0 Å². The molecule has 0 saturated carbocycles. The van der Waals surface area contributed by atoms with E-state index in [4.69, 9.17) is 0 Å². The van der Waals surface area contributed by atoms with Crippen molar-refractivity contribution in [2.45, 2.75) is 32.0 Å². The van der Waals surface area contributed by atoms with Crippen molar-refractivity contribution < 1.29 is 4.79 Å². The number of nitrogens with zero attached hydrogens (tertiary/aromatic N) is 3. The lowest BCUT2D eigenvalue weighted by Crippen LogP contribution is -2.15. The van der Waals surface area contributed by atoms with Gasteiger partial charge < -0.3 is 9.88 Å². The molecule has 1 aromatic heterocycles. The van der Waals surface area contributed by atoms with Gasteiger partial charge in [0.2, 0.25) is 5.91 Å². The Hall–Kier alpha value is -2.60. The molecule has 0 aliphatic carbocycles. The highest BCUT2D eigenvalue weighted by molar-refractivity contribution is 7.99. The Labute approximate surface area is 157 Å². The van der Waals surface area contributed by atoms with Gasteiger partial charge in [0, 0.05) is 17.8 Å². The zero-order chi connectivity index (χ0) is 18.4. The highest BCUT2D eigenvalue weighted by Crippen LogP contribution is 2.24. The molecule has 0 aliphatic rings. The number of carbonyl (C=O) groups is 1. The molecule has 0 fully saturated rings. The summed E-state index contributed by atoms with van der Waals surface area (Å²) in [5.74, 6) is 1.08. The quantitative estimate of drug-likeness (QED) is 0.635. The first-order chi connectivity index (χ1) is 12.7. The number of anilines is 1. The topological polar surface area (TPSA) is 59.8 Å². The van der Waals surface area contributed by atoms with Crippen molar-refractivity contribution in [3.8, 4) is 11.4 Å². The fourth-order valence-corrected chi connectivity index (χ4v) is 3.55. The fraction of sp³-hybridized carbons (Fsp3) is 0.250. The van der Waals surface area contributed by atoms with Gasteiger partial charge in [-0.05, 0) is 25.0 Å². The van der Waals surface area contributed by atoms with Gasteiger partial charge in [0.05, 0.1) is 5.75 Å². The lowest BCUT2D eigenvalue weighted by molar-refractivity contribution is -0.113. The number of benzene rings is 2. The predicted octanol–water partition coefficient (Wildman–Crippen LogP) is 4.26. The summed E-state index contributed by atoms with van der Waals surface area (Å²) in [5, 5.41) is 12.3. The van der Waals surface area contributed by atoms with Crippen molar-refractivity contribution >= 4 is 23.4 Å². The Morgan fingerprint density at radius 3 is 2.50 bits per heavy atom. The summed E-state index contributed by atoms with van der Waals surface area (Å²) < 4.78 is 2.03. The van der Waals surface area contributed by atoms with Gasteiger partial charge in [-0.1, -0.05) is 67.2 Å². The smallest absolute Gasteiger partial charge is 0.234 e. The maximum absolute atomic E-state index is 12.3. The van der Waals surface area contributed by atoms with Crippen LogP contribution in [0.1, 0.15) is 19.4 Å². The van der Waals surface area contributed by atoms with Crippen LogP contribution in [0.4, 0.5) is 5.69 Å². The monoisotopic (exact) mass is 366 g/mol. The van der Waals surface area contributed by atoms with E-state index in [1.807, 2.05) is 59.2 Å². The molecule has 0 radical (unpaired) electrons. The number of aromatic nitrogens is 3. The third kappa shape index (κ3) is 4.14. The summed E-state index contributed by atoms with van der Waals surface area (Å²) >= 11 is 1.41.